The molecule has 0 amide bonds. The third-order valence-corrected chi connectivity index (χ3v) is 6.43. The molecule has 0 bridgehead atoms. The quantitative estimate of drug-likeness (QED) is 0.557. The van der Waals surface area contributed by atoms with E-state index in [9.17, 15) is 13.2 Å². The van der Waals surface area contributed by atoms with Crippen LogP contribution < -0.4 is 9.47 Å². The molecule has 0 saturated heterocycles. The van der Waals surface area contributed by atoms with E-state index in [-0.39, 0.29) is 6.54 Å². The Balaban J connectivity index is 1.41. The molecule has 32 heavy (non-hydrogen) atoms. The zero-order valence-electron chi connectivity index (χ0n) is 18.6. The topological polar surface area (TPSA) is 34.1 Å². The van der Waals surface area contributed by atoms with Gasteiger partial charge in [0.25, 0.3) is 0 Å². The van der Waals surface area contributed by atoms with Crippen LogP contribution in [0.25, 0.3) is 0 Å². The van der Waals surface area contributed by atoms with E-state index in [4.69, 9.17) is 14.5 Å². The van der Waals surface area contributed by atoms with E-state index in [1.807, 2.05) is 17.2 Å². The smallest absolute Gasteiger partial charge is 0.390 e. The molecule has 4 nitrogen and oxygen atoms in total. The van der Waals surface area contributed by atoms with Gasteiger partial charge < -0.3 is 9.47 Å². The molecule has 174 valence electrons. The Morgan fingerprint density at radius 3 is 2.75 bits per heavy atom. The van der Waals surface area contributed by atoms with Gasteiger partial charge in [0, 0.05) is 31.5 Å². The van der Waals surface area contributed by atoms with Gasteiger partial charge in [0.15, 0.2) is 11.5 Å². The van der Waals surface area contributed by atoms with Crippen molar-refractivity contribution in [3.05, 3.63) is 47.2 Å². The molecule has 0 radical (unpaired) electrons. The minimum absolute atomic E-state index is 0.0689. The molecule has 0 N–H and O–H groups in total. The Morgan fingerprint density at radius 2 is 1.94 bits per heavy atom. The molecule has 3 aliphatic heterocycles. The molecule has 1 aromatic carbocycles. The molecule has 0 saturated carbocycles. The number of aliphatic imine (C=N–C) groups is 1. The molecule has 3 aliphatic rings. The van der Waals surface area contributed by atoms with Gasteiger partial charge in [-0.15, -0.1) is 0 Å². The van der Waals surface area contributed by atoms with Gasteiger partial charge in [-0.05, 0) is 66.9 Å². The van der Waals surface area contributed by atoms with Crippen molar-refractivity contribution >= 4 is 5.71 Å². The molecule has 1 unspecified atom stereocenters. The monoisotopic (exact) mass is 448 g/mol. The summed E-state index contributed by atoms with van der Waals surface area (Å²) in [6.07, 6.45) is 3.48. The maximum atomic E-state index is 12.7. The Labute approximate surface area is 187 Å². The van der Waals surface area contributed by atoms with Crippen LogP contribution in [-0.4, -0.2) is 49.6 Å². The van der Waals surface area contributed by atoms with E-state index in [0.717, 1.165) is 49.3 Å². The van der Waals surface area contributed by atoms with Crippen molar-refractivity contribution in [2.75, 3.05) is 32.8 Å². The summed E-state index contributed by atoms with van der Waals surface area (Å²) < 4.78 is 49.4. The summed E-state index contributed by atoms with van der Waals surface area (Å²) in [6.45, 7) is 4.68. The molecule has 0 aromatic heterocycles. The van der Waals surface area contributed by atoms with Gasteiger partial charge in [0.1, 0.15) is 13.2 Å². The summed E-state index contributed by atoms with van der Waals surface area (Å²) >= 11 is 0. The summed E-state index contributed by atoms with van der Waals surface area (Å²) in [5.41, 5.74) is 4.84. The van der Waals surface area contributed by atoms with Crippen LogP contribution in [0.2, 0.25) is 0 Å². The molecular weight excluding hydrogens is 417 g/mol. The highest BCUT2D eigenvalue weighted by Gasteiger charge is 2.30. The Hall–Kier alpha value is -2.28. The van der Waals surface area contributed by atoms with Gasteiger partial charge in [0.05, 0.1) is 6.42 Å². The highest BCUT2D eigenvalue weighted by Crippen LogP contribution is 2.33. The number of nitrogens with zero attached hydrogens (tertiary/aromatic N) is 2. The number of ether oxygens (including phenoxy) is 2. The third kappa shape index (κ3) is 5.94. The first-order valence-corrected chi connectivity index (χ1v) is 11.5. The highest BCUT2D eigenvalue weighted by atomic mass is 19.4. The Kier molecular flexibility index (Phi) is 7.23. The van der Waals surface area contributed by atoms with Crippen LogP contribution >= 0.6 is 0 Å². The van der Waals surface area contributed by atoms with Crippen LogP contribution in [0, 0.1) is 5.92 Å². The van der Waals surface area contributed by atoms with E-state index in [0.29, 0.717) is 32.2 Å². The fraction of sp³-hybridized carbons (Fsp3) is 0.560. The lowest BCUT2D eigenvalue weighted by Crippen LogP contribution is -2.37. The van der Waals surface area contributed by atoms with Gasteiger partial charge in [-0.2, -0.15) is 13.2 Å². The number of alkyl halides is 3. The second-order valence-electron chi connectivity index (χ2n) is 8.82. The van der Waals surface area contributed by atoms with Gasteiger partial charge in [-0.25, -0.2) is 0 Å². The SMILES string of the molecule is CC1CC=CN=C(CCCc2ccc3c(c2)OCCO3)C2=C1CN(CCC(F)(F)F)CC2. The lowest BCUT2D eigenvalue weighted by Gasteiger charge is -2.34. The zero-order chi connectivity index (χ0) is 22.6. The van der Waals surface area contributed by atoms with Gasteiger partial charge in [0.2, 0.25) is 0 Å². The molecule has 1 atom stereocenters. The number of hydrogen-bond donors (Lipinski definition) is 0. The predicted molar refractivity (Wildman–Crippen MR) is 119 cm³/mol. The van der Waals surface area contributed by atoms with E-state index in [2.05, 4.69) is 25.1 Å². The fourth-order valence-electron chi connectivity index (χ4n) is 4.65. The number of aryl methyl sites for hydroxylation is 1. The first kappa shape index (κ1) is 22.9. The van der Waals surface area contributed by atoms with Crippen molar-refractivity contribution in [2.24, 2.45) is 10.9 Å². The van der Waals surface area contributed by atoms with Gasteiger partial charge in [-0.1, -0.05) is 19.1 Å². The number of rotatable bonds is 6. The minimum Gasteiger partial charge on any atom is -0.486 e. The van der Waals surface area contributed by atoms with Crippen molar-refractivity contribution in [2.45, 2.75) is 51.6 Å². The maximum Gasteiger partial charge on any atom is 0.390 e. The third-order valence-electron chi connectivity index (χ3n) is 6.43. The van der Waals surface area contributed by atoms with Crippen molar-refractivity contribution < 1.29 is 22.6 Å². The molecule has 3 heterocycles. The largest absolute Gasteiger partial charge is 0.486 e. The van der Waals surface area contributed by atoms with Crippen molar-refractivity contribution in [3.63, 3.8) is 0 Å². The predicted octanol–water partition coefficient (Wildman–Crippen LogP) is 5.73. The van der Waals surface area contributed by atoms with Gasteiger partial charge in [-0.3, -0.25) is 9.89 Å². The lowest BCUT2D eigenvalue weighted by molar-refractivity contribution is -0.137. The summed E-state index contributed by atoms with van der Waals surface area (Å²) in [5.74, 6) is 1.93. The minimum atomic E-state index is -4.11. The van der Waals surface area contributed by atoms with E-state index in [1.165, 1.54) is 16.7 Å². The number of halogens is 3. The Morgan fingerprint density at radius 1 is 1.12 bits per heavy atom. The molecule has 7 heteroatoms. The molecule has 0 aliphatic carbocycles. The molecule has 1 aromatic rings. The van der Waals surface area contributed by atoms with E-state index in [1.54, 1.807) is 0 Å². The zero-order valence-corrected chi connectivity index (χ0v) is 18.6. The van der Waals surface area contributed by atoms with E-state index >= 15 is 0 Å². The number of hydrogen-bond acceptors (Lipinski definition) is 4. The first-order valence-electron chi connectivity index (χ1n) is 11.5. The fourth-order valence-corrected chi connectivity index (χ4v) is 4.65. The Bertz CT molecular complexity index is 905. The summed E-state index contributed by atoms with van der Waals surface area (Å²) in [6, 6.07) is 6.11. The number of allylic oxidation sites excluding steroid dienone is 1. The second kappa shape index (κ2) is 10.1. The van der Waals surface area contributed by atoms with Crippen LogP contribution in [0.1, 0.15) is 44.6 Å². The average Bonchev–Trinajstić information content (AvgIpc) is 2.77. The van der Waals surface area contributed by atoms with E-state index < -0.39 is 12.6 Å². The van der Waals surface area contributed by atoms with Crippen LogP contribution in [0.15, 0.2) is 46.6 Å². The number of fused-ring (bicyclic) bond motifs is 1. The molecular formula is C25H31F3N2O2. The maximum absolute atomic E-state index is 12.7. The normalized spacial score (nSPS) is 21.6. The summed E-state index contributed by atoms with van der Waals surface area (Å²) in [4.78, 5) is 6.69. The summed E-state index contributed by atoms with van der Waals surface area (Å²) in [7, 11) is 0. The van der Waals surface area contributed by atoms with Crippen molar-refractivity contribution in [3.8, 4) is 11.5 Å². The molecule has 0 spiro atoms. The van der Waals surface area contributed by atoms with Crippen molar-refractivity contribution in [1.29, 1.82) is 0 Å². The summed E-state index contributed by atoms with van der Waals surface area (Å²) in [5, 5.41) is 0. The second-order valence-corrected chi connectivity index (χ2v) is 8.82. The van der Waals surface area contributed by atoms with Gasteiger partial charge >= 0.3 is 6.18 Å². The molecule has 0 fully saturated rings. The molecule has 4 rings (SSSR count). The standard InChI is InChI=1S/C25H31F3N2O2/c1-18-4-3-11-29-22(20-9-12-30(17-21(18)20)13-10-25(26,27)28)6-2-5-19-7-8-23-24(16-19)32-15-14-31-23/h3,7-8,11,16,18H,2,4-6,9-10,12-15,17H2,1H3. The van der Waals surface area contributed by atoms with Crippen LogP contribution in [0.3, 0.4) is 0 Å². The lowest BCUT2D eigenvalue weighted by atomic mass is 9.84. The number of benzene rings is 1. The van der Waals surface area contributed by atoms with Crippen LogP contribution in [-0.2, 0) is 6.42 Å². The average molecular weight is 449 g/mol. The first-order chi connectivity index (χ1) is 15.4. The van der Waals surface area contributed by atoms with Crippen LogP contribution in [0.4, 0.5) is 13.2 Å². The van der Waals surface area contributed by atoms with Crippen LogP contribution in [0.5, 0.6) is 11.5 Å². The van der Waals surface area contributed by atoms with Crippen molar-refractivity contribution in [1.82, 2.24) is 4.90 Å². The highest BCUT2D eigenvalue weighted by molar-refractivity contribution is 6.01.